The second-order valence-corrected chi connectivity index (χ2v) is 8.29. The number of benzene rings is 1. The van der Waals surface area contributed by atoms with Crippen molar-refractivity contribution >= 4 is 17.3 Å². The Kier molecular flexibility index (Phi) is 6.04. The van der Waals surface area contributed by atoms with Crippen molar-refractivity contribution in [2.45, 2.75) is 32.9 Å². The van der Waals surface area contributed by atoms with Gasteiger partial charge in [0.25, 0.3) is 0 Å². The molecule has 6 heteroatoms. The zero-order valence-electron chi connectivity index (χ0n) is 17.7. The summed E-state index contributed by atoms with van der Waals surface area (Å²) in [6.45, 7) is 7.98. The summed E-state index contributed by atoms with van der Waals surface area (Å²) in [5.41, 5.74) is 3.28. The summed E-state index contributed by atoms with van der Waals surface area (Å²) in [6.07, 6.45) is 3.95. The molecule has 3 aromatic rings. The van der Waals surface area contributed by atoms with Crippen molar-refractivity contribution in [3.05, 3.63) is 78.4 Å². The van der Waals surface area contributed by atoms with E-state index in [9.17, 15) is 0 Å². The van der Waals surface area contributed by atoms with Gasteiger partial charge in [-0.1, -0.05) is 19.9 Å². The molecule has 3 heterocycles. The van der Waals surface area contributed by atoms with E-state index in [1.54, 1.807) is 0 Å². The van der Waals surface area contributed by atoms with Crippen molar-refractivity contribution in [3.8, 4) is 11.4 Å². The smallest absolute Gasteiger partial charge is 0.170 e. The van der Waals surface area contributed by atoms with Gasteiger partial charge in [0.15, 0.2) is 5.11 Å². The van der Waals surface area contributed by atoms with E-state index in [1.165, 1.54) is 5.69 Å². The summed E-state index contributed by atoms with van der Waals surface area (Å²) in [4.78, 5) is 6.93. The minimum absolute atomic E-state index is 0.00574. The Hall–Kier alpha value is -2.86. The summed E-state index contributed by atoms with van der Waals surface area (Å²) >= 11 is 5.75. The normalized spacial score (nSPS) is 18.7. The number of ether oxygens (including phenoxy) is 1. The molecule has 0 spiro atoms. The van der Waals surface area contributed by atoms with Crippen LogP contribution in [-0.2, 0) is 0 Å². The summed E-state index contributed by atoms with van der Waals surface area (Å²) in [7, 11) is 0. The highest BCUT2D eigenvalue weighted by Gasteiger charge is 2.41. The largest absolute Gasteiger partial charge is 0.494 e. The molecule has 1 aromatic carbocycles. The van der Waals surface area contributed by atoms with Crippen molar-refractivity contribution in [3.63, 3.8) is 0 Å². The first-order valence-corrected chi connectivity index (χ1v) is 10.9. The fourth-order valence-electron chi connectivity index (χ4n) is 4.06. The van der Waals surface area contributed by atoms with Crippen LogP contribution in [0, 0.1) is 5.92 Å². The fraction of sp³-hybridized carbons (Fsp3) is 0.333. The number of hydrogen-bond donors (Lipinski definition) is 1. The number of pyridine rings is 1. The van der Waals surface area contributed by atoms with Gasteiger partial charge >= 0.3 is 0 Å². The summed E-state index contributed by atoms with van der Waals surface area (Å²) in [5, 5.41) is 4.31. The standard InChI is InChI=1S/C24H28N4OS/c1-4-29-19-12-10-18(11-13-19)27-15-7-9-21(27)23-22(20-8-5-6-14-25-20)26-24(30)28(23)16-17(2)3/h5-15,17,22-23H,4,16H2,1-3H3,(H,26,30)/t22-,23+/m0/s1. The summed E-state index contributed by atoms with van der Waals surface area (Å²) in [5.74, 6) is 1.37. The number of hydrogen-bond acceptors (Lipinski definition) is 3. The maximum Gasteiger partial charge on any atom is 0.170 e. The van der Waals surface area contributed by atoms with Gasteiger partial charge < -0.3 is 19.5 Å². The van der Waals surface area contributed by atoms with E-state index in [1.807, 2.05) is 37.4 Å². The van der Waals surface area contributed by atoms with Crippen molar-refractivity contribution in [1.29, 1.82) is 0 Å². The van der Waals surface area contributed by atoms with Crippen LogP contribution >= 0.6 is 12.2 Å². The van der Waals surface area contributed by atoms with Gasteiger partial charge in [-0.15, -0.1) is 0 Å². The first-order chi connectivity index (χ1) is 14.6. The molecular weight excluding hydrogens is 392 g/mol. The van der Waals surface area contributed by atoms with Crippen molar-refractivity contribution in [2.24, 2.45) is 5.92 Å². The van der Waals surface area contributed by atoms with Crippen molar-refractivity contribution in [1.82, 2.24) is 19.8 Å². The molecule has 2 atom stereocenters. The average Bonchev–Trinajstić information content (AvgIpc) is 3.34. The number of aromatic nitrogens is 2. The molecule has 5 nitrogen and oxygen atoms in total. The van der Waals surface area contributed by atoms with Gasteiger partial charge in [-0.05, 0) is 73.6 Å². The molecule has 30 heavy (non-hydrogen) atoms. The second kappa shape index (κ2) is 8.88. The Morgan fingerprint density at radius 3 is 2.57 bits per heavy atom. The maximum absolute atomic E-state index is 5.75. The molecule has 1 saturated heterocycles. The van der Waals surface area contributed by atoms with Gasteiger partial charge in [0.05, 0.1) is 24.4 Å². The van der Waals surface area contributed by atoms with Crippen LogP contribution in [0.5, 0.6) is 5.75 Å². The monoisotopic (exact) mass is 420 g/mol. The van der Waals surface area contributed by atoms with Crippen LogP contribution < -0.4 is 10.1 Å². The quantitative estimate of drug-likeness (QED) is 0.551. The fourth-order valence-corrected chi connectivity index (χ4v) is 4.37. The van der Waals surface area contributed by atoms with E-state index < -0.39 is 0 Å². The third-order valence-corrected chi connectivity index (χ3v) is 5.62. The molecular formula is C24H28N4OS. The third-order valence-electron chi connectivity index (χ3n) is 5.27. The van der Waals surface area contributed by atoms with E-state index >= 15 is 0 Å². The molecule has 4 rings (SSSR count). The van der Waals surface area contributed by atoms with E-state index in [4.69, 9.17) is 17.0 Å². The SMILES string of the molecule is CCOc1ccc(-n2cccc2[C@@H]2[C@H](c3ccccn3)NC(=S)N2CC(C)C)cc1. The predicted octanol–water partition coefficient (Wildman–Crippen LogP) is 4.90. The zero-order valence-corrected chi connectivity index (χ0v) is 18.5. The van der Waals surface area contributed by atoms with Gasteiger partial charge in [0, 0.05) is 30.3 Å². The van der Waals surface area contributed by atoms with Gasteiger partial charge in [-0.2, -0.15) is 0 Å². The lowest BCUT2D eigenvalue weighted by Gasteiger charge is -2.30. The zero-order chi connectivity index (χ0) is 21.1. The molecule has 0 aliphatic carbocycles. The lowest BCUT2D eigenvalue weighted by molar-refractivity contribution is 0.280. The summed E-state index contributed by atoms with van der Waals surface area (Å²) in [6, 6.07) is 18.6. The Labute approximate surface area is 183 Å². The molecule has 156 valence electrons. The number of nitrogens with zero attached hydrogens (tertiary/aromatic N) is 3. The van der Waals surface area contributed by atoms with E-state index in [0.29, 0.717) is 12.5 Å². The Morgan fingerprint density at radius 2 is 1.90 bits per heavy atom. The molecule has 0 amide bonds. The number of nitrogens with one attached hydrogen (secondary N) is 1. The van der Waals surface area contributed by atoms with Crippen LogP contribution in [0.15, 0.2) is 67.0 Å². The Morgan fingerprint density at radius 1 is 1.10 bits per heavy atom. The van der Waals surface area contributed by atoms with Gasteiger partial charge in [0.1, 0.15) is 5.75 Å². The highest BCUT2D eigenvalue weighted by Crippen LogP contribution is 2.40. The lowest BCUT2D eigenvalue weighted by atomic mass is 10.0. The highest BCUT2D eigenvalue weighted by molar-refractivity contribution is 7.80. The molecule has 0 bridgehead atoms. The number of thiocarbonyl (C=S) groups is 1. The van der Waals surface area contributed by atoms with Crippen LogP contribution in [0.1, 0.15) is 44.2 Å². The van der Waals surface area contributed by atoms with Crippen LogP contribution in [-0.4, -0.2) is 32.7 Å². The molecule has 2 aromatic heterocycles. The van der Waals surface area contributed by atoms with Crippen LogP contribution in [0.25, 0.3) is 5.69 Å². The first-order valence-electron chi connectivity index (χ1n) is 10.5. The van der Waals surface area contributed by atoms with Crippen molar-refractivity contribution < 1.29 is 4.74 Å². The molecule has 1 fully saturated rings. The second-order valence-electron chi connectivity index (χ2n) is 7.90. The molecule has 0 radical (unpaired) electrons. The van der Waals surface area contributed by atoms with Crippen LogP contribution in [0.3, 0.4) is 0 Å². The minimum atomic E-state index is -0.00574. The Balaban J connectivity index is 1.75. The molecule has 0 unspecified atom stereocenters. The third kappa shape index (κ3) is 4.05. The predicted molar refractivity (Wildman–Crippen MR) is 124 cm³/mol. The minimum Gasteiger partial charge on any atom is -0.494 e. The maximum atomic E-state index is 5.75. The van der Waals surface area contributed by atoms with Crippen LogP contribution in [0.2, 0.25) is 0 Å². The first kappa shape index (κ1) is 20.4. The molecule has 1 aliphatic heterocycles. The lowest BCUT2D eigenvalue weighted by Crippen LogP contribution is -2.33. The Bertz CT molecular complexity index is 984. The van der Waals surface area contributed by atoms with Gasteiger partial charge in [0.2, 0.25) is 0 Å². The molecule has 1 aliphatic rings. The van der Waals surface area contributed by atoms with E-state index in [2.05, 4.69) is 70.1 Å². The highest BCUT2D eigenvalue weighted by atomic mass is 32.1. The van der Waals surface area contributed by atoms with Crippen molar-refractivity contribution in [2.75, 3.05) is 13.2 Å². The molecule has 1 N–H and O–H groups in total. The number of rotatable bonds is 7. The van der Waals surface area contributed by atoms with Crippen LogP contribution in [0.4, 0.5) is 0 Å². The van der Waals surface area contributed by atoms with E-state index in [-0.39, 0.29) is 12.1 Å². The molecule has 0 saturated carbocycles. The van der Waals surface area contributed by atoms with E-state index in [0.717, 1.165) is 28.8 Å². The average molecular weight is 421 g/mol. The topological polar surface area (TPSA) is 42.3 Å². The summed E-state index contributed by atoms with van der Waals surface area (Å²) < 4.78 is 7.84. The van der Waals surface area contributed by atoms with Gasteiger partial charge in [-0.25, -0.2) is 0 Å². The van der Waals surface area contributed by atoms with Gasteiger partial charge in [-0.3, -0.25) is 4.98 Å².